The summed E-state index contributed by atoms with van der Waals surface area (Å²) in [5.41, 5.74) is 0. The Labute approximate surface area is 132 Å². The van der Waals surface area contributed by atoms with E-state index >= 15 is 0 Å². The summed E-state index contributed by atoms with van der Waals surface area (Å²) in [5.74, 6) is 1.48. The van der Waals surface area contributed by atoms with Crippen LogP contribution in [0.5, 0.6) is 0 Å². The van der Waals surface area contributed by atoms with Gasteiger partial charge in [0.1, 0.15) is 10.7 Å². The quantitative estimate of drug-likeness (QED) is 0.821. The van der Waals surface area contributed by atoms with Crippen molar-refractivity contribution in [3.63, 3.8) is 0 Å². The molecule has 112 valence electrons. The lowest BCUT2D eigenvalue weighted by molar-refractivity contribution is 0.573. The summed E-state index contributed by atoms with van der Waals surface area (Å²) >= 11 is 5.10. The Morgan fingerprint density at radius 1 is 1.50 bits per heavy atom. The van der Waals surface area contributed by atoms with Gasteiger partial charge in [-0.25, -0.2) is 18.1 Å². The summed E-state index contributed by atoms with van der Waals surface area (Å²) in [7, 11) is -1.88. The molecule has 1 aliphatic heterocycles. The molecule has 0 spiro atoms. The highest BCUT2D eigenvalue weighted by Gasteiger charge is 2.22. The average molecular weight is 380 g/mol. The Kier molecular flexibility index (Phi) is 5.71. The number of hydrogen-bond donors (Lipinski definition) is 2. The van der Waals surface area contributed by atoms with Crippen molar-refractivity contribution in [3.8, 4) is 0 Å². The van der Waals surface area contributed by atoms with Gasteiger partial charge in [-0.2, -0.15) is 11.8 Å². The first-order chi connectivity index (χ1) is 9.53. The standard InChI is InChI=1S/C12H18BrN3O2S2/c1-14-12-11(6-9(13)7-15-12)20(17,18)16-8-10-4-2-3-5-19-10/h6-7,10,16H,2-5,8H2,1H3,(H,14,15). The van der Waals surface area contributed by atoms with Gasteiger partial charge in [-0.3, -0.25) is 0 Å². The number of nitrogens with zero attached hydrogens (tertiary/aromatic N) is 1. The van der Waals surface area contributed by atoms with E-state index < -0.39 is 10.0 Å². The van der Waals surface area contributed by atoms with Crippen LogP contribution in [0.2, 0.25) is 0 Å². The summed E-state index contributed by atoms with van der Waals surface area (Å²) in [5, 5.41) is 3.18. The second-order valence-corrected chi connectivity index (χ2v) is 8.65. The molecule has 0 amide bonds. The van der Waals surface area contributed by atoms with E-state index in [4.69, 9.17) is 0 Å². The zero-order valence-corrected chi connectivity index (χ0v) is 14.4. The summed E-state index contributed by atoms with van der Waals surface area (Å²) in [6.45, 7) is 0.475. The van der Waals surface area contributed by atoms with E-state index in [1.54, 1.807) is 19.3 Å². The molecule has 0 radical (unpaired) electrons. The SMILES string of the molecule is CNc1ncc(Br)cc1S(=O)(=O)NCC1CCCCS1. The number of thioether (sulfide) groups is 1. The summed E-state index contributed by atoms with van der Waals surface area (Å²) in [6, 6.07) is 1.56. The Balaban J connectivity index is 2.11. The molecule has 1 atom stereocenters. The molecule has 0 aliphatic carbocycles. The van der Waals surface area contributed by atoms with Crippen molar-refractivity contribution >= 4 is 43.5 Å². The van der Waals surface area contributed by atoms with Gasteiger partial charge in [0, 0.05) is 29.5 Å². The van der Waals surface area contributed by atoms with Crippen molar-refractivity contribution in [2.24, 2.45) is 0 Å². The zero-order valence-electron chi connectivity index (χ0n) is 11.2. The van der Waals surface area contributed by atoms with Gasteiger partial charge in [0.15, 0.2) is 0 Å². The number of pyridine rings is 1. The highest BCUT2D eigenvalue weighted by molar-refractivity contribution is 9.10. The highest BCUT2D eigenvalue weighted by Crippen LogP contribution is 2.26. The van der Waals surface area contributed by atoms with Crippen LogP contribution in [0.4, 0.5) is 5.82 Å². The van der Waals surface area contributed by atoms with E-state index in [1.807, 2.05) is 11.8 Å². The molecule has 2 heterocycles. The maximum absolute atomic E-state index is 12.4. The second-order valence-electron chi connectivity index (χ2n) is 4.59. The predicted octanol–water partition coefficient (Wildman–Crippen LogP) is 2.45. The maximum atomic E-state index is 12.4. The minimum atomic E-state index is -3.54. The van der Waals surface area contributed by atoms with Crippen LogP contribution in [0.25, 0.3) is 0 Å². The molecule has 0 aromatic carbocycles. The molecule has 2 N–H and O–H groups in total. The van der Waals surface area contributed by atoms with Gasteiger partial charge in [-0.05, 0) is 40.6 Å². The van der Waals surface area contributed by atoms with E-state index in [2.05, 4.69) is 31.0 Å². The first-order valence-corrected chi connectivity index (χ1v) is 9.80. The molecule has 2 rings (SSSR count). The van der Waals surface area contributed by atoms with Crippen LogP contribution in [-0.2, 0) is 10.0 Å². The lowest BCUT2D eigenvalue weighted by atomic mass is 10.2. The smallest absolute Gasteiger partial charge is 0.244 e. The van der Waals surface area contributed by atoms with Gasteiger partial charge < -0.3 is 5.32 Å². The zero-order chi connectivity index (χ0) is 14.6. The number of anilines is 1. The fraction of sp³-hybridized carbons (Fsp3) is 0.583. The molecule has 8 heteroatoms. The maximum Gasteiger partial charge on any atom is 0.244 e. The number of nitrogens with one attached hydrogen (secondary N) is 2. The number of rotatable bonds is 5. The van der Waals surface area contributed by atoms with Gasteiger partial charge >= 0.3 is 0 Å². The third-order valence-corrected chi connectivity index (χ3v) is 6.39. The monoisotopic (exact) mass is 379 g/mol. The van der Waals surface area contributed by atoms with Crippen molar-refractivity contribution in [1.29, 1.82) is 0 Å². The van der Waals surface area contributed by atoms with Crippen molar-refractivity contribution < 1.29 is 8.42 Å². The van der Waals surface area contributed by atoms with E-state index in [1.165, 1.54) is 12.8 Å². The van der Waals surface area contributed by atoms with Crippen molar-refractivity contribution in [1.82, 2.24) is 9.71 Å². The van der Waals surface area contributed by atoms with E-state index in [-0.39, 0.29) is 4.90 Å². The topological polar surface area (TPSA) is 71.1 Å². The molecule has 1 aliphatic rings. The molecule has 1 fully saturated rings. The molecule has 1 saturated heterocycles. The molecular weight excluding hydrogens is 362 g/mol. The number of hydrogen-bond acceptors (Lipinski definition) is 5. The van der Waals surface area contributed by atoms with Crippen LogP contribution < -0.4 is 10.0 Å². The average Bonchev–Trinajstić information content (AvgIpc) is 2.46. The lowest BCUT2D eigenvalue weighted by Crippen LogP contribution is -2.32. The summed E-state index contributed by atoms with van der Waals surface area (Å²) in [6.07, 6.45) is 5.05. The van der Waals surface area contributed by atoms with Crippen LogP contribution in [-0.4, -0.2) is 38.0 Å². The van der Waals surface area contributed by atoms with E-state index in [9.17, 15) is 8.42 Å². The summed E-state index contributed by atoms with van der Waals surface area (Å²) in [4.78, 5) is 4.25. The minimum absolute atomic E-state index is 0.176. The van der Waals surface area contributed by atoms with Crippen LogP contribution in [0.1, 0.15) is 19.3 Å². The van der Waals surface area contributed by atoms with Gasteiger partial charge in [-0.15, -0.1) is 0 Å². The van der Waals surface area contributed by atoms with E-state index in [0.29, 0.717) is 22.1 Å². The van der Waals surface area contributed by atoms with Gasteiger partial charge in [0.2, 0.25) is 10.0 Å². The van der Waals surface area contributed by atoms with Crippen LogP contribution in [0.15, 0.2) is 21.6 Å². The lowest BCUT2D eigenvalue weighted by Gasteiger charge is -2.21. The minimum Gasteiger partial charge on any atom is -0.372 e. The van der Waals surface area contributed by atoms with Gasteiger partial charge in [0.25, 0.3) is 0 Å². The normalized spacial score (nSPS) is 19.8. The first kappa shape index (κ1) is 16.1. The van der Waals surface area contributed by atoms with Crippen LogP contribution in [0, 0.1) is 0 Å². The number of sulfonamides is 1. The van der Waals surface area contributed by atoms with E-state index in [0.717, 1.165) is 12.2 Å². The van der Waals surface area contributed by atoms with Crippen molar-refractivity contribution in [2.75, 3.05) is 24.7 Å². The predicted molar refractivity (Wildman–Crippen MR) is 86.8 cm³/mol. The third-order valence-electron chi connectivity index (χ3n) is 3.12. The highest BCUT2D eigenvalue weighted by atomic mass is 79.9. The molecular formula is C12H18BrN3O2S2. The third kappa shape index (κ3) is 4.09. The Bertz CT molecular complexity index is 560. The molecule has 0 saturated carbocycles. The first-order valence-electron chi connectivity index (χ1n) is 6.47. The Hall–Kier alpha value is -0.310. The van der Waals surface area contributed by atoms with Gasteiger partial charge in [0.05, 0.1) is 0 Å². The Morgan fingerprint density at radius 3 is 2.95 bits per heavy atom. The molecule has 0 bridgehead atoms. The largest absolute Gasteiger partial charge is 0.372 e. The number of aromatic nitrogens is 1. The fourth-order valence-corrected chi connectivity index (χ4v) is 5.16. The number of halogens is 1. The molecule has 1 aromatic heterocycles. The van der Waals surface area contributed by atoms with Gasteiger partial charge in [-0.1, -0.05) is 6.42 Å². The second kappa shape index (κ2) is 7.11. The Morgan fingerprint density at radius 2 is 2.30 bits per heavy atom. The van der Waals surface area contributed by atoms with Crippen LogP contribution >= 0.6 is 27.7 Å². The molecule has 5 nitrogen and oxygen atoms in total. The fourth-order valence-electron chi connectivity index (χ4n) is 2.06. The van der Waals surface area contributed by atoms with Crippen LogP contribution in [0.3, 0.4) is 0 Å². The summed E-state index contributed by atoms with van der Waals surface area (Å²) < 4.78 is 28.1. The van der Waals surface area contributed by atoms with Crippen molar-refractivity contribution in [2.45, 2.75) is 29.4 Å². The molecule has 1 unspecified atom stereocenters. The molecule has 20 heavy (non-hydrogen) atoms. The van der Waals surface area contributed by atoms with Crippen molar-refractivity contribution in [3.05, 3.63) is 16.7 Å². The molecule has 1 aromatic rings.